The van der Waals surface area contributed by atoms with Crippen molar-refractivity contribution in [3.63, 3.8) is 0 Å². The predicted molar refractivity (Wildman–Crippen MR) is 221 cm³/mol. The standard InChI is InChI=1S/C50H45N3/c1-33(26-27-38-32-50(2,3)44-25-15-14-20-39(38)44)34-28-30-35(31-29-34)45-42-23-12-10-21-40(42)41-22-11-13-24-43(41)46(45)49-52-47(36-16-6-4-7-17-36)51-48(53-49)37-18-8-5-9-19-37/h4-25,28-31,33,38-39,44H,26-27,32H2,1-3H3. The van der Waals surface area contributed by atoms with Gasteiger partial charge in [-0.1, -0.05) is 179 Å². The molecule has 0 spiro atoms. The van der Waals surface area contributed by atoms with E-state index in [9.17, 15) is 0 Å². The highest BCUT2D eigenvalue weighted by atomic mass is 15.0. The van der Waals surface area contributed by atoms with E-state index >= 15 is 0 Å². The Labute approximate surface area is 313 Å². The first-order valence-electron chi connectivity index (χ1n) is 19.2. The molecule has 2 aliphatic rings. The number of aromatic nitrogens is 3. The van der Waals surface area contributed by atoms with Gasteiger partial charge in [-0.15, -0.1) is 0 Å². The summed E-state index contributed by atoms with van der Waals surface area (Å²) in [6.45, 7) is 7.33. The van der Waals surface area contributed by atoms with Gasteiger partial charge >= 0.3 is 0 Å². The fraction of sp³-hybridized carbons (Fsp3) is 0.220. The van der Waals surface area contributed by atoms with Crippen LogP contribution < -0.4 is 0 Å². The molecule has 53 heavy (non-hydrogen) atoms. The molecule has 7 aromatic rings. The minimum absolute atomic E-state index is 0.365. The number of hydrogen-bond acceptors (Lipinski definition) is 3. The first-order chi connectivity index (χ1) is 25.9. The van der Waals surface area contributed by atoms with E-state index in [0.717, 1.165) is 33.6 Å². The van der Waals surface area contributed by atoms with Gasteiger partial charge in [-0.05, 0) is 81.0 Å². The van der Waals surface area contributed by atoms with Crippen molar-refractivity contribution in [2.75, 3.05) is 0 Å². The Hall–Kier alpha value is -5.67. The van der Waals surface area contributed by atoms with E-state index in [-0.39, 0.29) is 0 Å². The maximum Gasteiger partial charge on any atom is 0.165 e. The Morgan fingerprint density at radius 2 is 1.06 bits per heavy atom. The molecule has 6 aromatic carbocycles. The third-order valence-corrected chi connectivity index (χ3v) is 12.0. The monoisotopic (exact) mass is 687 g/mol. The fourth-order valence-corrected chi connectivity index (χ4v) is 9.30. The van der Waals surface area contributed by atoms with Gasteiger partial charge in [0.15, 0.2) is 17.5 Å². The molecular formula is C50H45N3. The average molecular weight is 688 g/mol. The van der Waals surface area contributed by atoms with Crippen molar-refractivity contribution in [2.24, 2.45) is 23.2 Å². The van der Waals surface area contributed by atoms with Gasteiger partial charge in [0, 0.05) is 22.3 Å². The highest BCUT2D eigenvalue weighted by molar-refractivity contribution is 6.21. The normalized spacial score (nSPS) is 19.4. The molecule has 4 unspecified atom stereocenters. The summed E-state index contributed by atoms with van der Waals surface area (Å²) in [7, 11) is 0. The summed E-state index contributed by atoms with van der Waals surface area (Å²) in [6.07, 6.45) is 13.2. The summed E-state index contributed by atoms with van der Waals surface area (Å²) in [6, 6.07) is 47.3. The van der Waals surface area contributed by atoms with Crippen molar-refractivity contribution in [3.8, 4) is 45.3 Å². The third kappa shape index (κ3) is 6.18. The van der Waals surface area contributed by atoms with Crippen LogP contribution in [0.5, 0.6) is 0 Å². The summed E-state index contributed by atoms with van der Waals surface area (Å²) in [5, 5.41) is 4.74. The van der Waals surface area contributed by atoms with Gasteiger partial charge in [-0.25, -0.2) is 15.0 Å². The quantitative estimate of drug-likeness (QED) is 0.149. The van der Waals surface area contributed by atoms with Crippen LogP contribution >= 0.6 is 0 Å². The second-order valence-electron chi connectivity index (χ2n) is 15.8. The van der Waals surface area contributed by atoms with Crippen molar-refractivity contribution < 1.29 is 0 Å². The summed E-state index contributed by atoms with van der Waals surface area (Å²) in [5.41, 5.74) is 7.04. The lowest BCUT2D eigenvalue weighted by Crippen LogP contribution is -2.20. The fourth-order valence-electron chi connectivity index (χ4n) is 9.30. The van der Waals surface area contributed by atoms with Gasteiger partial charge in [0.1, 0.15) is 0 Å². The van der Waals surface area contributed by atoms with Crippen LogP contribution in [0.25, 0.3) is 66.8 Å². The summed E-state index contributed by atoms with van der Waals surface area (Å²) >= 11 is 0. The zero-order chi connectivity index (χ0) is 35.9. The number of allylic oxidation sites excluding steroid dienone is 4. The van der Waals surface area contributed by atoms with Crippen molar-refractivity contribution in [2.45, 2.75) is 46.0 Å². The Bertz CT molecular complexity index is 2420. The van der Waals surface area contributed by atoms with Gasteiger partial charge in [0.05, 0.1) is 0 Å². The molecule has 4 atom stereocenters. The lowest BCUT2D eigenvalue weighted by molar-refractivity contribution is 0.288. The average Bonchev–Trinajstić information content (AvgIpc) is 3.49. The third-order valence-electron chi connectivity index (χ3n) is 12.0. The number of fused-ring (bicyclic) bond motifs is 4. The van der Waals surface area contributed by atoms with Crippen LogP contribution in [0.1, 0.15) is 51.5 Å². The molecule has 0 radical (unpaired) electrons. The maximum absolute atomic E-state index is 5.26. The molecule has 0 bridgehead atoms. The van der Waals surface area contributed by atoms with Crippen molar-refractivity contribution in [1.82, 2.24) is 15.0 Å². The lowest BCUT2D eigenvalue weighted by Gasteiger charge is -2.28. The van der Waals surface area contributed by atoms with E-state index in [0.29, 0.717) is 40.6 Å². The molecule has 9 rings (SSSR count). The minimum Gasteiger partial charge on any atom is -0.208 e. The molecule has 3 heteroatoms. The summed E-state index contributed by atoms with van der Waals surface area (Å²) < 4.78 is 0. The van der Waals surface area contributed by atoms with Gasteiger partial charge in [-0.3, -0.25) is 0 Å². The Morgan fingerprint density at radius 3 is 1.66 bits per heavy atom. The first-order valence-corrected chi connectivity index (χ1v) is 19.2. The van der Waals surface area contributed by atoms with Crippen LogP contribution in [0, 0.1) is 23.2 Å². The molecule has 1 saturated carbocycles. The highest BCUT2D eigenvalue weighted by Gasteiger charge is 2.45. The van der Waals surface area contributed by atoms with Crippen LogP contribution in [-0.4, -0.2) is 15.0 Å². The van der Waals surface area contributed by atoms with Crippen LogP contribution in [0.4, 0.5) is 0 Å². The molecule has 0 amide bonds. The Kier molecular flexibility index (Phi) is 8.58. The minimum atomic E-state index is 0.365. The number of hydrogen-bond donors (Lipinski definition) is 0. The number of benzene rings is 6. The van der Waals surface area contributed by atoms with E-state index in [1.165, 1.54) is 46.5 Å². The van der Waals surface area contributed by atoms with Gasteiger partial charge in [0.25, 0.3) is 0 Å². The maximum atomic E-state index is 5.26. The number of rotatable bonds is 8. The van der Waals surface area contributed by atoms with Crippen molar-refractivity contribution in [1.29, 1.82) is 0 Å². The predicted octanol–water partition coefficient (Wildman–Crippen LogP) is 13.1. The van der Waals surface area contributed by atoms with E-state index in [1.54, 1.807) is 0 Å². The lowest BCUT2D eigenvalue weighted by atomic mass is 9.76. The summed E-state index contributed by atoms with van der Waals surface area (Å²) in [4.78, 5) is 15.5. The molecule has 0 N–H and O–H groups in total. The van der Waals surface area contributed by atoms with E-state index in [1.807, 2.05) is 36.4 Å². The van der Waals surface area contributed by atoms with Crippen LogP contribution in [0.3, 0.4) is 0 Å². The Balaban J connectivity index is 1.15. The van der Waals surface area contributed by atoms with Gasteiger partial charge < -0.3 is 0 Å². The molecule has 3 nitrogen and oxygen atoms in total. The van der Waals surface area contributed by atoms with E-state index in [2.05, 4.69) is 142 Å². The summed E-state index contributed by atoms with van der Waals surface area (Å²) in [5.74, 6) is 4.56. The molecule has 1 fully saturated rings. The zero-order valence-electron chi connectivity index (χ0n) is 30.8. The van der Waals surface area contributed by atoms with Gasteiger partial charge in [0.2, 0.25) is 0 Å². The smallest absolute Gasteiger partial charge is 0.165 e. The van der Waals surface area contributed by atoms with Crippen LogP contribution in [-0.2, 0) is 0 Å². The van der Waals surface area contributed by atoms with Crippen LogP contribution in [0.2, 0.25) is 0 Å². The van der Waals surface area contributed by atoms with E-state index < -0.39 is 0 Å². The molecule has 2 aliphatic carbocycles. The Morgan fingerprint density at radius 1 is 0.547 bits per heavy atom. The SMILES string of the molecule is CC(CCC1CC(C)(C)C2C=CC=CC12)c1ccc(-c2c(-c3nc(-c4ccccc4)nc(-c4ccccc4)n3)c3ccccc3c3ccccc23)cc1. The second-order valence-corrected chi connectivity index (χ2v) is 15.8. The van der Waals surface area contributed by atoms with Gasteiger partial charge in [-0.2, -0.15) is 0 Å². The topological polar surface area (TPSA) is 38.7 Å². The molecule has 260 valence electrons. The molecule has 0 saturated heterocycles. The largest absolute Gasteiger partial charge is 0.208 e. The number of nitrogens with zero attached hydrogens (tertiary/aromatic N) is 3. The first kappa shape index (κ1) is 33.2. The zero-order valence-corrected chi connectivity index (χ0v) is 30.8. The highest BCUT2D eigenvalue weighted by Crippen LogP contribution is 2.54. The van der Waals surface area contributed by atoms with Crippen molar-refractivity contribution in [3.05, 3.63) is 163 Å². The van der Waals surface area contributed by atoms with E-state index in [4.69, 9.17) is 15.0 Å². The second kappa shape index (κ2) is 13.7. The van der Waals surface area contributed by atoms with Crippen LogP contribution in [0.15, 0.2) is 158 Å². The molecule has 1 aromatic heterocycles. The molecular weight excluding hydrogens is 643 g/mol. The van der Waals surface area contributed by atoms with Crippen molar-refractivity contribution >= 4 is 21.5 Å². The molecule has 0 aliphatic heterocycles. The molecule has 1 heterocycles.